The van der Waals surface area contributed by atoms with E-state index >= 15 is 0 Å². The van der Waals surface area contributed by atoms with Crippen LogP contribution in [0.15, 0.2) is 72.8 Å². The van der Waals surface area contributed by atoms with Gasteiger partial charge in [-0.25, -0.2) is 0 Å². The van der Waals surface area contributed by atoms with Crippen molar-refractivity contribution in [2.45, 2.75) is 38.1 Å². The van der Waals surface area contributed by atoms with Gasteiger partial charge in [-0.05, 0) is 54.7 Å². The molecule has 1 saturated heterocycles. The monoisotopic (exact) mass is 400 g/mol. The Kier molecular flexibility index (Phi) is 6.43. The molecule has 1 amide bonds. The Morgan fingerprint density at radius 1 is 1.03 bits per heavy atom. The van der Waals surface area contributed by atoms with Crippen molar-refractivity contribution < 1.29 is 9.53 Å². The second-order valence-electron chi connectivity index (χ2n) is 7.81. The number of likely N-dealkylation sites (tertiary alicyclic amines) is 1. The van der Waals surface area contributed by atoms with Crippen molar-refractivity contribution in [3.8, 4) is 5.75 Å². The molecule has 4 heteroatoms. The summed E-state index contributed by atoms with van der Waals surface area (Å²) in [5.41, 5.74) is 4.39. The Bertz CT molecular complexity index is 987. The zero-order valence-electron chi connectivity index (χ0n) is 17.5. The Balaban J connectivity index is 1.44. The number of methoxy groups -OCH3 is 1. The molecule has 0 N–H and O–H groups in total. The van der Waals surface area contributed by atoms with Gasteiger partial charge in [-0.2, -0.15) is 0 Å². The number of carbonyl (C=O) groups excluding carboxylic acids is 1. The fourth-order valence-electron chi connectivity index (χ4n) is 4.19. The second-order valence-corrected chi connectivity index (χ2v) is 7.81. The maximum absolute atomic E-state index is 12.9. The standard InChI is InChI=1S/C26H28N2O2/c1-30-23-12-5-10-21(19-23)18-22-11-6-13-24(27-22)25-14-7-17-28(25)26(29)16-15-20-8-3-2-4-9-20/h2-6,8-13,19,25H,7,14-18H2,1H3/t25-/m0/s1. The van der Waals surface area contributed by atoms with E-state index in [0.717, 1.165) is 49.4 Å². The fourth-order valence-corrected chi connectivity index (χ4v) is 4.19. The van der Waals surface area contributed by atoms with Crippen LogP contribution in [0.3, 0.4) is 0 Å². The van der Waals surface area contributed by atoms with Crippen LogP contribution in [0.2, 0.25) is 0 Å². The van der Waals surface area contributed by atoms with Crippen molar-refractivity contribution in [3.63, 3.8) is 0 Å². The summed E-state index contributed by atoms with van der Waals surface area (Å²) in [6, 6.07) is 24.6. The first kappa shape index (κ1) is 20.1. The van der Waals surface area contributed by atoms with Crippen LogP contribution >= 0.6 is 0 Å². The van der Waals surface area contributed by atoms with Crippen LogP contribution in [0.5, 0.6) is 5.75 Å². The summed E-state index contributed by atoms with van der Waals surface area (Å²) in [5, 5.41) is 0. The zero-order chi connectivity index (χ0) is 20.8. The molecule has 0 spiro atoms. The van der Waals surface area contributed by atoms with Gasteiger partial charge < -0.3 is 9.64 Å². The van der Waals surface area contributed by atoms with E-state index in [4.69, 9.17) is 9.72 Å². The average molecular weight is 401 g/mol. The van der Waals surface area contributed by atoms with Crippen molar-refractivity contribution in [2.75, 3.05) is 13.7 Å². The molecule has 0 aliphatic carbocycles. The van der Waals surface area contributed by atoms with Crippen LogP contribution in [0.4, 0.5) is 0 Å². The third-order valence-corrected chi connectivity index (χ3v) is 5.73. The summed E-state index contributed by atoms with van der Waals surface area (Å²) in [6.45, 7) is 0.820. The zero-order valence-corrected chi connectivity index (χ0v) is 17.5. The topological polar surface area (TPSA) is 42.4 Å². The summed E-state index contributed by atoms with van der Waals surface area (Å²) in [7, 11) is 1.68. The van der Waals surface area contributed by atoms with Gasteiger partial charge in [0.05, 0.1) is 18.8 Å². The number of carbonyl (C=O) groups is 1. The highest BCUT2D eigenvalue weighted by atomic mass is 16.5. The Morgan fingerprint density at radius 2 is 1.83 bits per heavy atom. The number of hydrogen-bond donors (Lipinski definition) is 0. The van der Waals surface area contributed by atoms with Crippen molar-refractivity contribution in [1.29, 1.82) is 0 Å². The highest BCUT2D eigenvalue weighted by Gasteiger charge is 2.30. The van der Waals surface area contributed by atoms with Gasteiger partial charge in [0.25, 0.3) is 0 Å². The molecular weight excluding hydrogens is 372 g/mol. The van der Waals surface area contributed by atoms with Crippen LogP contribution in [0, 0.1) is 0 Å². The average Bonchev–Trinajstić information content (AvgIpc) is 3.29. The molecule has 2 heterocycles. The number of benzene rings is 2. The summed E-state index contributed by atoms with van der Waals surface area (Å²) in [4.78, 5) is 19.9. The molecule has 0 unspecified atom stereocenters. The molecule has 0 saturated carbocycles. The van der Waals surface area contributed by atoms with Crippen LogP contribution in [0.25, 0.3) is 0 Å². The van der Waals surface area contributed by atoms with Gasteiger partial charge in [-0.3, -0.25) is 9.78 Å². The van der Waals surface area contributed by atoms with Crippen molar-refractivity contribution in [2.24, 2.45) is 0 Å². The molecule has 1 aliphatic heterocycles. The highest BCUT2D eigenvalue weighted by molar-refractivity contribution is 5.77. The predicted molar refractivity (Wildman–Crippen MR) is 118 cm³/mol. The summed E-state index contributed by atoms with van der Waals surface area (Å²) < 4.78 is 5.33. The van der Waals surface area contributed by atoms with E-state index in [1.807, 2.05) is 41.3 Å². The SMILES string of the molecule is COc1cccc(Cc2cccc([C@@H]3CCCN3C(=O)CCc3ccccc3)n2)c1. The van der Waals surface area contributed by atoms with Crippen LogP contribution in [0.1, 0.15) is 47.8 Å². The smallest absolute Gasteiger partial charge is 0.223 e. The number of nitrogens with zero attached hydrogens (tertiary/aromatic N) is 2. The van der Waals surface area contributed by atoms with E-state index in [0.29, 0.717) is 6.42 Å². The number of pyridine rings is 1. The van der Waals surface area contributed by atoms with Crippen LogP contribution in [-0.4, -0.2) is 29.4 Å². The molecule has 0 radical (unpaired) electrons. The number of rotatable bonds is 7. The van der Waals surface area contributed by atoms with E-state index in [-0.39, 0.29) is 11.9 Å². The Hall–Kier alpha value is -3.14. The molecule has 1 fully saturated rings. The largest absolute Gasteiger partial charge is 0.497 e. The maximum Gasteiger partial charge on any atom is 0.223 e. The lowest BCUT2D eigenvalue weighted by molar-refractivity contribution is -0.132. The lowest BCUT2D eigenvalue weighted by atomic mass is 10.1. The van der Waals surface area contributed by atoms with Crippen molar-refractivity contribution in [3.05, 3.63) is 95.3 Å². The molecule has 1 aliphatic rings. The number of hydrogen-bond acceptors (Lipinski definition) is 3. The predicted octanol–water partition coefficient (Wildman–Crippen LogP) is 4.98. The van der Waals surface area contributed by atoms with Gasteiger partial charge in [-0.1, -0.05) is 48.5 Å². The second kappa shape index (κ2) is 9.57. The number of aryl methyl sites for hydroxylation is 1. The van der Waals surface area contributed by atoms with E-state index in [1.54, 1.807) is 7.11 Å². The lowest BCUT2D eigenvalue weighted by Crippen LogP contribution is -2.31. The summed E-state index contributed by atoms with van der Waals surface area (Å²) in [5.74, 6) is 1.08. The Labute approximate surface area is 178 Å². The van der Waals surface area contributed by atoms with Gasteiger partial charge >= 0.3 is 0 Å². The first-order valence-corrected chi connectivity index (χ1v) is 10.6. The minimum atomic E-state index is 0.0820. The van der Waals surface area contributed by atoms with Crippen molar-refractivity contribution >= 4 is 5.91 Å². The van der Waals surface area contributed by atoms with Crippen LogP contribution in [-0.2, 0) is 17.6 Å². The minimum Gasteiger partial charge on any atom is -0.497 e. The highest BCUT2D eigenvalue weighted by Crippen LogP contribution is 2.32. The molecule has 1 aromatic heterocycles. The summed E-state index contributed by atoms with van der Waals surface area (Å²) in [6.07, 6.45) is 4.09. The third-order valence-electron chi connectivity index (χ3n) is 5.73. The normalized spacial score (nSPS) is 15.9. The summed E-state index contributed by atoms with van der Waals surface area (Å²) >= 11 is 0. The van der Waals surface area contributed by atoms with Gasteiger partial charge in [-0.15, -0.1) is 0 Å². The first-order valence-electron chi connectivity index (χ1n) is 10.6. The molecule has 0 bridgehead atoms. The maximum atomic E-state index is 12.9. The Morgan fingerprint density at radius 3 is 2.67 bits per heavy atom. The van der Waals surface area contributed by atoms with E-state index in [1.165, 1.54) is 11.1 Å². The molecule has 1 atom stereocenters. The molecule has 154 valence electrons. The lowest BCUT2D eigenvalue weighted by Gasteiger charge is -2.25. The van der Waals surface area contributed by atoms with Gasteiger partial charge in [0.15, 0.2) is 0 Å². The van der Waals surface area contributed by atoms with Gasteiger partial charge in [0.1, 0.15) is 5.75 Å². The molecule has 30 heavy (non-hydrogen) atoms. The fraction of sp³-hybridized carbons (Fsp3) is 0.308. The van der Waals surface area contributed by atoms with Crippen LogP contribution < -0.4 is 4.74 Å². The number of aromatic nitrogens is 1. The van der Waals surface area contributed by atoms with Gasteiger partial charge in [0.2, 0.25) is 5.91 Å². The molecule has 4 nitrogen and oxygen atoms in total. The molecule has 4 rings (SSSR count). The van der Waals surface area contributed by atoms with E-state index in [9.17, 15) is 4.79 Å². The van der Waals surface area contributed by atoms with Crippen molar-refractivity contribution in [1.82, 2.24) is 9.88 Å². The molecule has 3 aromatic rings. The first-order chi connectivity index (χ1) is 14.7. The quantitative estimate of drug-likeness (QED) is 0.562. The molecular formula is C26H28N2O2. The van der Waals surface area contributed by atoms with E-state index < -0.39 is 0 Å². The van der Waals surface area contributed by atoms with E-state index in [2.05, 4.69) is 36.4 Å². The number of ether oxygens (including phenoxy) is 1. The number of amides is 1. The third kappa shape index (κ3) is 4.88. The molecule has 2 aromatic carbocycles. The minimum absolute atomic E-state index is 0.0820. The van der Waals surface area contributed by atoms with Gasteiger partial charge in [0, 0.05) is 25.1 Å².